The number of likely N-dealkylation sites (N-methyl/N-ethyl adjacent to an activating group) is 1. The Morgan fingerprint density at radius 2 is 1.86 bits per heavy atom. The Morgan fingerprint density at radius 3 is 2.55 bits per heavy atom. The van der Waals surface area contributed by atoms with Crippen molar-refractivity contribution in [3.63, 3.8) is 0 Å². The number of rotatable bonds is 6. The van der Waals surface area contributed by atoms with Gasteiger partial charge in [0.05, 0.1) is 13.6 Å². The predicted octanol–water partition coefficient (Wildman–Crippen LogP) is -1.95. The summed E-state index contributed by atoms with van der Waals surface area (Å²) in [6.45, 7) is 5.51. The van der Waals surface area contributed by atoms with E-state index in [1.807, 2.05) is 0 Å². The molecule has 0 saturated carbocycles. The number of piperazine rings is 1. The van der Waals surface area contributed by atoms with Crippen molar-refractivity contribution in [3.05, 3.63) is 29.8 Å². The summed E-state index contributed by atoms with van der Waals surface area (Å²) < 4.78 is 52.9. The van der Waals surface area contributed by atoms with Crippen LogP contribution in [0.5, 0.6) is 0 Å². The van der Waals surface area contributed by atoms with E-state index in [0.717, 1.165) is 44.9 Å². The summed E-state index contributed by atoms with van der Waals surface area (Å²) in [7, 11) is -1.84. The SMILES string of the molecule is C[NH+]1CC[NH+](CCCNS(=O)(=O)c2cc(F)ccc2F)CC1. The first-order chi connectivity index (χ1) is 10.4. The van der Waals surface area contributed by atoms with Crippen LogP contribution in [-0.4, -0.2) is 54.7 Å². The molecule has 0 spiro atoms. The van der Waals surface area contributed by atoms with Crippen LogP contribution in [0.3, 0.4) is 0 Å². The van der Waals surface area contributed by atoms with E-state index in [0.29, 0.717) is 12.5 Å². The quantitative estimate of drug-likeness (QED) is 0.529. The minimum atomic E-state index is -4.00. The third kappa shape index (κ3) is 4.70. The van der Waals surface area contributed by atoms with Crippen LogP contribution >= 0.6 is 0 Å². The second-order valence-corrected chi connectivity index (χ2v) is 7.52. The lowest BCUT2D eigenvalue weighted by atomic mass is 10.3. The van der Waals surface area contributed by atoms with Crippen molar-refractivity contribution in [2.24, 2.45) is 0 Å². The Bertz CT molecular complexity index is 602. The molecule has 0 amide bonds. The molecule has 0 unspecified atom stereocenters. The van der Waals surface area contributed by atoms with Gasteiger partial charge in [-0.2, -0.15) is 0 Å². The Balaban J connectivity index is 1.82. The first-order valence-corrected chi connectivity index (χ1v) is 8.96. The number of nitrogens with one attached hydrogen (secondary N) is 3. The average molecular weight is 335 g/mol. The van der Waals surface area contributed by atoms with Crippen LogP contribution in [0.4, 0.5) is 8.78 Å². The van der Waals surface area contributed by atoms with Gasteiger partial charge in [-0.25, -0.2) is 21.9 Å². The average Bonchev–Trinajstić information content (AvgIpc) is 2.48. The maximum absolute atomic E-state index is 13.5. The zero-order valence-corrected chi connectivity index (χ0v) is 13.5. The van der Waals surface area contributed by atoms with E-state index in [2.05, 4.69) is 11.8 Å². The first-order valence-electron chi connectivity index (χ1n) is 7.48. The molecule has 8 heteroatoms. The monoisotopic (exact) mass is 335 g/mol. The van der Waals surface area contributed by atoms with E-state index < -0.39 is 26.6 Å². The van der Waals surface area contributed by atoms with Crippen molar-refractivity contribution in [1.29, 1.82) is 0 Å². The van der Waals surface area contributed by atoms with Gasteiger partial charge < -0.3 is 9.80 Å². The third-order valence-corrected chi connectivity index (χ3v) is 5.47. The molecule has 2 rings (SSSR count). The van der Waals surface area contributed by atoms with Crippen LogP contribution in [0.15, 0.2) is 23.1 Å². The first kappa shape index (κ1) is 17.3. The summed E-state index contributed by atoms with van der Waals surface area (Å²) in [6.07, 6.45) is 0.671. The van der Waals surface area contributed by atoms with Crippen molar-refractivity contribution >= 4 is 10.0 Å². The molecule has 0 bridgehead atoms. The lowest BCUT2D eigenvalue weighted by Crippen LogP contribution is -3.27. The van der Waals surface area contributed by atoms with E-state index in [1.165, 1.54) is 9.80 Å². The van der Waals surface area contributed by atoms with Crippen molar-refractivity contribution in [1.82, 2.24) is 4.72 Å². The topological polar surface area (TPSA) is 55.1 Å². The molecule has 3 N–H and O–H groups in total. The summed E-state index contributed by atoms with van der Waals surface area (Å²) >= 11 is 0. The largest absolute Gasteiger partial charge is 0.328 e. The highest BCUT2D eigenvalue weighted by molar-refractivity contribution is 7.89. The van der Waals surface area contributed by atoms with Gasteiger partial charge >= 0.3 is 0 Å². The summed E-state index contributed by atoms with van der Waals surface area (Å²) in [5.41, 5.74) is 0. The van der Waals surface area contributed by atoms with Crippen LogP contribution in [0, 0.1) is 11.6 Å². The lowest BCUT2D eigenvalue weighted by Gasteiger charge is -2.27. The maximum Gasteiger partial charge on any atom is 0.243 e. The number of sulfonamides is 1. The molecule has 22 heavy (non-hydrogen) atoms. The van der Waals surface area contributed by atoms with Crippen LogP contribution < -0.4 is 14.5 Å². The maximum atomic E-state index is 13.5. The van der Waals surface area contributed by atoms with Crippen molar-refractivity contribution in [3.8, 4) is 0 Å². The van der Waals surface area contributed by atoms with Gasteiger partial charge in [0.2, 0.25) is 10.0 Å². The Labute approximate surface area is 130 Å². The fraction of sp³-hybridized carbons (Fsp3) is 0.571. The summed E-state index contributed by atoms with van der Waals surface area (Å²) in [4.78, 5) is 2.34. The Morgan fingerprint density at radius 1 is 1.18 bits per heavy atom. The van der Waals surface area contributed by atoms with E-state index in [-0.39, 0.29) is 6.54 Å². The zero-order chi connectivity index (χ0) is 16.2. The fourth-order valence-electron chi connectivity index (χ4n) is 2.59. The van der Waals surface area contributed by atoms with Crippen LogP contribution in [0.2, 0.25) is 0 Å². The summed E-state index contributed by atoms with van der Waals surface area (Å²) in [5.74, 6) is -1.72. The molecule has 0 aliphatic carbocycles. The van der Waals surface area contributed by atoms with E-state index >= 15 is 0 Å². The molecule has 1 aliphatic heterocycles. The number of hydrogen-bond acceptors (Lipinski definition) is 2. The molecule has 1 fully saturated rings. The molecule has 0 aromatic heterocycles. The molecule has 1 saturated heterocycles. The van der Waals surface area contributed by atoms with Crippen LogP contribution in [0.25, 0.3) is 0 Å². The van der Waals surface area contributed by atoms with E-state index in [1.54, 1.807) is 0 Å². The van der Waals surface area contributed by atoms with Crippen molar-refractivity contribution < 1.29 is 27.0 Å². The molecule has 0 radical (unpaired) electrons. The molecular weight excluding hydrogens is 312 g/mol. The molecule has 5 nitrogen and oxygen atoms in total. The van der Waals surface area contributed by atoms with Gasteiger partial charge in [0.25, 0.3) is 0 Å². The van der Waals surface area contributed by atoms with E-state index in [4.69, 9.17) is 0 Å². The van der Waals surface area contributed by atoms with Gasteiger partial charge in [-0.15, -0.1) is 0 Å². The van der Waals surface area contributed by atoms with Gasteiger partial charge in [0.15, 0.2) is 0 Å². The Kier molecular flexibility index (Phi) is 5.85. The second-order valence-electron chi connectivity index (χ2n) is 5.78. The van der Waals surface area contributed by atoms with Crippen LogP contribution in [-0.2, 0) is 10.0 Å². The second kappa shape index (κ2) is 7.45. The molecule has 1 aliphatic rings. The standard InChI is InChI=1S/C14H21F2N3O2S/c1-18-7-9-19(10-8-18)6-2-5-17-22(20,21)14-11-12(15)3-4-13(14)16/h3-4,11,17H,2,5-10H2,1H3/p+2. The summed E-state index contributed by atoms with van der Waals surface area (Å²) in [6, 6.07) is 2.42. The fourth-order valence-corrected chi connectivity index (χ4v) is 3.75. The minimum absolute atomic E-state index is 0.227. The molecular formula is C14H23F2N3O2S+2. The number of quaternary nitrogens is 2. The lowest BCUT2D eigenvalue weighted by molar-refractivity contribution is -1.00. The summed E-state index contributed by atoms with van der Waals surface area (Å²) in [5, 5.41) is 0. The molecule has 1 heterocycles. The minimum Gasteiger partial charge on any atom is -0.328 e. The highest BCUT2D eigenvalue weighted by atomic mass is 32.2. The van der Waals surface area contributed by atoms with Gasteiger partial charge in [0, 0.05) is 13.0 Å². The van der Waals surface area contributed by atoms with Gasteiger partial charge in [-0.1, -0.05) is 0 Å². The highest BCUT2D eigenvalue weighted by Gasteiger charge is 2.21. The van der Waals surface area contributed by atoms with Crippen LogP contribution in [0.1, 0.15) is 6.42 Å². The Hall–Kier alpha value is -1.09. The smallest absolute Gasteiger partial charge is 0.243 e. The molecule has 1 aromatic carbocycles. The van der Waals surface area contributed by atoms with Gasteiger partial charge in [0.1, 0.15) is 42.7 Å². The normalized spacial score (nSPS) is 22.7. The van der Waals surface area contributed by atoms with Gasteiger partial charge in [-0.05, 0) is 18.2 Å². The zero-order valence-electron chi connectivity index (χ0n) is 12.7. The van der Waals surface area contributed by atoms with Gasteiger partial charge in [-0.3, -0.25) is 0 Å². The van der Waals surface area contributed by atoms with Crippen molar-refractivity contribution in [2.75, 3.05) is 46.3 Å². The number of benzene rings is 1. The number of hydrogen-bond donors (Lipinski definition) is 3. The predicted molar refractivity (Wildman–Crippen MR) is 78.3 cm³/mol. The molecule has 124 valence electrons. The van der Waals surface area contributed by atoms with Crippen molar-refractivity contribution in [2.45, 2.75) is 11.3 Å². The molecule has 0 atom stereocenters. The highest BCUT2D eigenvalue weighted by Crippen LogP contribution is 2.15. The molecule has 1 aromatic rings. The number of halogens is 2. The van der Waals surface area contributed by atoms with E-state index in [9.17, 15) is 17.2 Å². The third-order valence-electron chi connectivity index (χ3n) is 3.99.